The molecule has 86 valence electrons. The molecule has 1 saturated carbocycles. The van der Waals surface area contributed by atoms with Gasteiger partial charge in [0.25, 0.3) is 0 Å². The van der Waals surface area contributed by atoms with Crippen LogP contribution in [0.1, 0.15) is 38.5 Å². The van der Waals surface area contributed by atoms with Crippen molar-refractivity contribution in [2.45, 2.75) is 56.8 Å². The number of hydrogen-bond donors (Lipinski definition) is 2. The number of amides is 1. The fraction of sp³-hybridized carbons (Fsp3) is 0.909. The van der Waals surface area contributed by atoms with Crippen molar-refractivity contribution in [1.82, 2.24) is 5.32 Å². The van der Waals surface area contributed by atoms with Crippen LogP contribution in [0.15, 0.2) is 0 Å². The maximum atomic E-state index is 11.5. The SMILES string of the molecule is O=C(CC1CCCCO1)NC1CC(O)C1. The summed E-state index contributed by atoms with van der Waals surface area (Å²) in [4.78, 5) is 11.5. The normalized spacial score (nSPS) is 35.7. The van der Waals surface area contributed by atoms with Crippen molar-refractivity contribution in [2.24, 2.45) is 0 Å². The molecular formula is C11H19NO3. The molecule has 15 heavy (non-hydrogen) atoms. The van der Waals surface area contributed by atoms with Crippen LogP contribution in [0.4, 0.5) is 0 Å². The van der Waals surface area contributed by atoms with E-state index in [0.717, 1.165) is 19.4 Å². The predicted molar refractivity (Wildman–Crippen MR) is 55.4 cm³/mol. The van der Waals surface area contributed by atoms with E-state index in [1.54, 1.807) is 0 Å². The third-order valence-electron chi connectivity index (χ3n) is 3.17. The van der Waals surface area contributed by atoms with Crippen molar-refractivity contribution < 1.29 is 14.6 Å². The molecule has 4 nitrogen and oxygen atoms in total. The number of rotatable bonds is 3. The minimum absolute atomic E-state index is 0.0683. The standard InChI is InChI=1S/C11H19NO3/c13-9-5-8(6-9)12-11(14)7-10-3-1-2-4-15-10/h8-10,13H,1-7H2,(H,12,14). The topological polar surface area (TPSA) is 58.6 Å². The molecular weight excluding hydrogens is 194 g/mol. The first-order chi connectivity index (χ1) is 7.24. The van der Waals surface area contributed by atoms with Crippen molar-refractivity contribution in [2.75, 3.05) is 6.61 Å². The molecule has 0 aromatic carbocycles. The molecule has 0 bridgehead atoms. The molecule has 2 rings (SSSR count). The number of carbonyl (C=O) groups excluding carboxylic acids is 1. The molecule has 4 heteroatoms. The largest absolute Gasteiger partial charge is 0.393 e. The molecule has 1 heterocycles. The van der Waals surface area contributed by atoms with Gasteiger partial charge in [0.05, 0.1) is 18.6 Å². The Labute approximate surface area is 90.0 Å². The van der Waals surface area contributed by atoms with Crippen molar-refractivity contribution in [3.63, 3.8) is 0 Å². The first-order valence-corrected chi connectivity index (χ1v) is 5.83. The third-order valence-corrected chi connectivity index (χ3v) is 3.17. The first kappa shape index (κ1) is 10.9. The minimum Gasteiger partial charge on any atom is -0.393 e. The van der Waals surface area contributed by atoms with Gasteiger partial charge < -0.3 is 15.2 Å². The maximum Gasteiger partial charge on any atom is 0.222 e. The molecule has 0 aromatic rings. The Morgan fingerprint density at radius 1 is 1.40 bits per heavy atom. The molecule has 0 spiro atoms. The molecule has 0 radical (unpaired) electrons. The van der Waals surface area contributed by atoms with Crippen molar-refractivity contribution >= 4 is 5.91 Å². The first-order valence-electron chi connectivity index (χ1n) is 5.83. The molecule has 1 unspecified atom stereocenters. The van der Waals surface area contributed by atoms with Gasteiger partial charge in [-0.2, -0.15) is 0 Å². The summed E-state index contributed by atoms with van der Waals surface area (Å²) in [5.74, 6) is 0.0683. The van der Waals surface area contributed by atoms with E-state index in [9.17, 15) is 4.79 Å². The van der Waals surface area contributed by atoms with Gasteiger partial charge in [0.15, 0.2) is 0 Å². The van der Waals surface area contributed by atoms with Crippen LogP contribution in [0.5, 0.6) is 0 Å². The lowest BCUT2D eigenvalue weighted by Crippen LogP contribution is -2.47. The van der Waals surface area contributed by atoms with Gasteiger partial charge in [-0.15, -0.1) is 0 Å². The van der Waals surface area contributed by atoms with Crippen molar-refractivity contribution in [3.05, 3.63) is 0 Å². The summed E-state index contributed by atoms with van der Waals surface area (Å²) >= 11 is 0. The average molecular weight is 213 g/mol. The molecule has 1 aliphatic carbocycles. The van der Waals surface area contributed by atoms with Crippen LogP contribution < -0.4 is 5.32 Å². The van der Waals surface area contributed by atoms with Gasteiger partial charge in [-0.05, 0) is 32.1 Å². The third kappa shape index (κ3) is 3.18. The van der Waals surface area contributed by atoms with Crippen LogP contribution in [0.2, 0.25) is 0 Å². The maximum absolute atomic E-state index is 11.5. The minimum atomic E-state index is -0.207. The second-order valence-corrected chi connectivity index (χ2v) is 4.58. The quantitative estimate of drug-likeness (QED) is 0.721. The number of aliphatic hydroxyl groups is 1. The Bertz CT molecular complexity index is 220. The van der Waals surface area contributed by atoms with Crippen LogP contribution in [-0.4, -0.2) is 35.9 Å². The van der Waals surface area contributed by atoms with E-state index in [1.807, 2.05) is 0 Å². The second-order valence-electron chi connectivity index (χ2n) is 4.58. The van der Waals surface area contributed by atoms with Crippen molar-refractivity contribution in [3.8, 4) is 0 Å². The summed E-state index contributed by atoms with van der Waals surface area (Å²) in [6.45, 7) is 0.792. The highest BCUT2D eigenvalue weighted by Crippen LogP contribution is 2.20. The molecule has 2 fully saturated rings. The lowest BCUT2D eigenvalue weighted by molar-refractivity contribution is -0.126. The van der Waals surface area contributed by atoms with E-state index in [4.69, 9.17) is 9.84 Å². The highest BCUT2D eigenvalue weighted by molar-refractivity contribution is 5.76. The van der Waals surface area contributed by atoms with E-state index in [1.165, 1.54) is 6.42 Å². The summed E-state index contributed by atoms with van der Waals surface area (Å²) in [7, 11) is 0. The molecule has 2 N–H and O–H groups in total. The highest BCUT2D eigenvalue weighted by atomic mass is 16.5. The summed E-state index contributed by atoms with van der Waals surface area (Å²) in [5, 5.41) is 12.0. The zero-order valence-electron chi connectivity index (χ0n) is 8.95. The monoisotopic (exact) mass is 213 g/mol. The average Bonchev–Trinajstić information content (AvgIpc) is 2.17. The van der Waals surface area contributed by atoms with E-state index in [0.29, 0.717) is 19.3 Å². The molecule has 1 saturated heterocycles. The van der Waals surface area contributed by atoms with Crippen LogP contribution in [-0.2, 0) is 9.53 Å². The predicted octanol–water partition coefficient (Wildman–Crippen LogP) is 0.585. The van der Waals surface area contributed by atoms with E-state index in [2.05, 4.69) is 5.32 Å². The smallest absolute Gasteiger partial charge is 0.222 e. The van der Waals surface area contributed by atoms with Gasteiger partial charge in [-0.25, -0.2) is 0 Å². The lowest BCUT2D eigenvalue weighted by Gasteiger charge is -2.32. The fourth-order valence-electron chi connectivity index (χ4n) is 2.17. The summed E-state index contributed by atoms with van der Waals surface area (Å²) < 4.78 is 5.49. The van der Waals surface area contributed by atoms with Gasteiger partial charge in [-0.1, -0.05) is 0 Å². The summed E-state index contributed by atoms with van der Waals surface area (Å²) in [6, 6.07) is 0.191. The molecule has 1 amide bonds. The molecule has 2 aliphatic rings. The molecule has 1 atom stereocenters. The summed E-state index contributed by atoms with van der Waals surface area (Å²) in [5.41, 5.74) is 0. The van der Waals surface area contributed by atoms with E-state index < -0.39 is 0 Å². The van der Waals surface area contributed by atoms with Gasteiger partial charge in [0.2, 0.25) is 5.91 Å². The van der Waals surface area contributed by atoms with Gasteiger partial charge in [0, 0.05) is 12.6 Å². The number of carbonyl (C=O) groups is 1. The Balaban J connectivity index is 1.63. The Morgan fingerprint density at radius 3 is 2.80 bits per heavy atom. The number of ether oxygens (including phenoxy) is 1. The van der Waals surface area contributed by atoms with Crippen LogP contribution in [0.3, 0.4) is 0 Å². The molecule has 1 aliphatic heterocycles. The van der Waals surface area contributed by atoms with Gasteiger partial charge in [-0.3, -0.25) is 4.79 Å². The van der Waals surface area contributed by atoms with Crippen LogP contribution >= 0.6 is 0 Å². The Morgan fingerprint density at radius 2 is 2.20 bits per heavy atom. The fourth-order valence-corrected chi connectivity index (χ4v) is 2.17. The van der Waals surface area contributed by atoms with Crippen molar-refractivity contribution in [1.29, 1.82) is 0 Å². The lowest BCUT2D eigenvalue weighted by atomic mass is 9.89. The van der Waals surface area contributed by atoms with Crippen LogP contribution in [0.25, 0.3) is 0 Å². The van der Waals surface area contributed by atoms with Gasteiger partial charge in [0.1, 0.15) is 0 Å². The zero-order chi connectivity index (χ0) is 10.7. The highest BCUT2D eigenvalue weighted by Gasteiger charge is 2.29. The van der Waals surface area contributed by atoms with E-state index in [-0.39, 0.29) is 24.2 Å². The Hall–Kier alpha value is -0.610. The number of hydrogen-bond acceptors (Lipinski definition) is 3. The summed E-state index contributed by atoms with van der Waals surface area (Å²) in [6.07, 6.45) is 5.08. The number of nitrogens with one attached hydrogen (secondary N) is 1. The van der Waals surface area contributed by atoms with Crippen LogP contribution in [0, 0.1) is 0 Å². The Kier molecular flexibility index (Phi) is 3.59. The number of aliphatic hydroxyl groups excluding tert-OH is 1. The molecule has 0 aromatic heterocycles. The van der Waals surface area contributed by atoms with Gasteiger partial charge >= 0.3 is 0 Å². The zero-order valence-corrected chi connectivity index (χ0v) is 8.95. The second kappa shape index (κ2) is 4.94. The van der Waals surface area contributed by atoms with E-state index >= 15 is 0 Å².